The van der Waals surface area contributed by atoms with Crippen LogP contribution in [0.25, 0.3) is 0 Å². The summed E-state index contributed by atoms with van der Waals surface area (Å²) in [7, 11) is 3.60. The summed E-state index contributed by atoms with van der Waals surface area (Å²) < 4.78 is 42.8. The van der Waals surface area contributed by atoms with Crippen LogP contribution >= 0.6 is 0 Å². The average molecular weight is 276 g/mol. The Balaban J connectivity index is 2.99. The molecule has 1 rings (SSSR count). The summed E-state index contributed by atoms with van der Waals surface area (Å²) in [5.74, 6) is -0.662. The number of hydrogen-bond acceptors (Lipinski definition) is 4. The monoisotopic (exact) mass is 276 g/mol. The molecule has 0 aliphatic carbocycles. The Bertz CT molecular complexity index is 460. The lowest BCUT2D eigenvalue weighted by Crippen LogP contribution is -2.22. The standard InChI is InChI=1S/C11H15F3N4O/c1-18(2)5-6-19-10-7(9(15)16)3-4-8(17-10)11(12,13)14/h3-4H,5-6H2,1-2H3,(H3,15,16). The zero-order chi connectivity index (χ0) is 14.6. The van der Waals surface area contributed by atoms with Crippen molar-refractivity contribution >= 4 is 5.84 Å². The summed E-state index contributed by atoms with van der Waals surface area (Å²) in [6.45, 7) is 0.664. The van der Waals surface area contributed by atoms with E-state index in [4.69, 9.17) is 15.9 Å². The minimum absolute atomic E-state index is 0.0479. The fourth-order valence-corrected chi connectivity index (χ4v) is 1.24. The van der Waals surface area contributed by atoms with E-state index in [1.807, 2.05) is 0 Å². The van der Waals surface area contributed by atoms with E-state index >= 15 is 0 Å². The summed E-state index contributed by atoms with van der Waals surface area (Å²) in [5.41, 5.74) is 4.25. The zero-order valence-electron chi connectivity index (χ0n) is 10.6. The van der Waals surface area contributed by atoms with Gasteiger partial charge in [-0.3, -0.25) is 5.41 Å². The number of nitrogens with zero attached hydrogens (tertiary/aromatic N) is 2. The van der Waals surface area contributed by atoms with E-state index < -0.39 is 11.9 Å². The van der Waals surface area contributed by atoms with Gasteiger partial charge in [-0.25, -0.2) is 4.98 Å². The van der Waals surface area contributed by atoms with Crippen molar-refractivity contribution in [2.24, 2.45) is 5.73 Å². The number of nitrogens with two attached hydrogens (primary N) is 1. The van der Waals surface area contributed by atoms with Crippen molar-refractivity contribution < 1.29 is 17.9 Å². The van der Waals surface area contributed by atoms with Crippen molar-refractivity contribution in [3.63, 3.8) is 0 Å². The van der Waals surface area contributed by atoms with E-state index in [1.165, 1.54) is 0 Å². The highest BCUT2D eigenvalue weighted by atomic mass is 19.4. The minimum atomic E-state index is -4.56. The van der Waals surface area contributed by atoms with Crippen LogP contribution in [0.15, 0.2) is 12.1 Å². The topological polar surface area (TPSA) is 75.2 Å². The Labute approximate surface area is 108 Å². The van der Waals surface area contributed by atoms with Crippen LogP contribution in [0.4, 0.5) is 13.2 Å². The van der Waals surface area contributed by atoms with Crippen molar-refractivity contribution in [2.75, 3.05) is 27.2 Å². The molecule has 3 N–H and O–H groups in total. The van der Waals surface area contributed by atoms with Gasteiger partial charge >= 0.3 is 6.18 Å². The molecule has 0 atom stereocenters. The maximum Gasteiger partial charge on any atom is 0.433 e. The van der Waals surface area contributed by atoms with Crippen molar-refractivity contribution in [3.8, 4) is 5.88 Å². The SMILES string of the molecule is CN(C)CCOc1nc(C(F)(F)F)ccc1C(=N)N. The van der Waals surface area contributed by atoms with E-state index in [0.29, 0.717) is 6.54 Å². The first-order valence-corrected chi connectivity index (χ1v) is 5.42. The van der Waals surface area contributed by atoms with Crippen LogP contribution in [0.2, 0.25) is 0 Å². The molecular formula is C11H15F3N4O. The maximum absolute atomic E-state index is 12.5. The molecule has 0 spiro atoms. The summed E-state index contributed by atoms with van der Waals surface area (Å²) in [6, 6.07) is 1.86. The summed E-state index contributed by atoms with van der Waals surface area (Å²) in [6.07, 6.45) is -4.56. The number of alkyl halides is 3. The molecular weight excluding hydrogens is 261 g/mol. The fourth-order valence-electron chi connectivity index (χ4n) is 1.24. The van der Waals surface area contributed by atoms with Crippen LogP contribution in [-0.4, -0.2) is 43.0 Å². The van der Waals surface area contributed by atoms with Gasteiger partial charge in [-0.2, -0.15) is 13.2 Å². The summed E-state index contributed by atoms with van der Waals surface area (Å²) in [5, 5.41) is 7.29. The van der Waals surface area contributed by atoms with Gasteiger partial charge in [0.2, 0.25) is 5.88 Å². The largest absolute Gasteiger partial charge is 0.476 e. The maximum atomic E-state index is 12.5. The highest BCUT2D eigenvalue weighted by Crippen LogP contribution is 2.30. The van der Waals surface area contributed by atoms with Gasteiger partial charge in [0, 0.05) is 6.54 Å². The lowest BCUT2D eigenvalue weighted by atomic mass is 10.2. The normalized spacial score (nSPS) is 11.7. The Hall–Kier alpha value is -1.83. The number of hydrogen-bond donors (Lipinski definition) is 2. The van der Waals surface area contributed by atoms with Gasteiger partial charge in [0.05, 0.1) is 5.56 Å². The number of pyridine rings is 1. The van der Waals surface area contributed by atoms with E-state index in [2.05, 4.69) is 4.98 Å². The fraction of sp³-hybridized carbons (Fsp3) is 0.455. The van der Waals surface area contributed by atoms with Gasteiger partial charge in [-0.1, -0.05) is 0 Å². The average Bonchev–Trinajstić information content (AvgIpc) is 2.26. The van der Waals surface area contributed by atoms with Crippen LogP contribution in [0.3, 0.4) is 0 Å². The molecule has 0 unspecified atom stereocenters. The van der Waals surface area contributed by atoms with Crippen LogP contribution in [0.5, 0.6) is 5.88 Å². The molecule has 0 aromatic carbocycles. The van der Waals surface area contributed by atoms with Crippen LogP contribution < -0.4 is 10.5 Å². The Morgan fingerprint density at radius 2 is 2.05 bits per heavy atom. The number of halogens is 3. The first-order valence-electron chi connectivity index (χ1n) is 5.42. The number of nitrogen functional groups attached to an aromatic ring is 1. The van der Waals surface area contributed by atoms with Crippen LogP contribution in [-0.2, 0) is 6.18 Å². The first kappa shape index (κ1) is 15.2. The number of aromatic nitrogens is 1. The number of likely N-dealkylation sites (N-methyl/N-ethyl adjacent to an activating group) is 1. The second kappa shape index (κ2) is 5.87. The third-order valence-electron chi connectivity index (χ3n) is 2.22. The number of ether oxygens (including phenoxy) is 1. The molecule has 1 aromatic rings. The van der Waals surface area contributed by atoms with Crippen LogP contribution in [0, 0.1) is 5.41 Å². The van der Waals surface area contributed by atoms with E-state index in [9.17, 15) is 13.2 Å². The number of nitrogens with one attached hydrogen (secondary N) is 1. The molecule has 0 amide bonds. The molecule has 0 saturated heterocycles. The zero-order valence-corrected chi connectivity index (χ0v) is 10.6. The Morgan fingerprint density at radius 3 is 2.53 bits per heavy atom. The quantitative estimate of drug-likeness (QED) is 0.628. The molecule has 1 heterocycles. The molecule has 19 heavy (non-hydrogen) atoms. The van der Waals surface area contributed by atoms with Crippen molar-refractivity contribution in [2.45, 2.75) is 6.18 Å². The Morgan fingerprint density at radius 1 is 1.42 bits per heavy atom. The van der Waals surface area contributed by atoms with E-state index in [0.717, 1.165) is 12.1 Å². The van der Waals surface area contributed by atoms with Gasteiger partial charge < -0.3 is 15.4 Å². The van der Waals surface area contributed by atoms with Gasteiger partial charge in [0.25, 0.3) is 0 Å². The van der Waals surface area contributed by atoms with Crippen molar-refractivity contribution in [1.82, 2.24) is 9.88 Å². The molecule has 0 aliphatic rings. The summed E-state index contributed by atoms with van der Waals surface area (Å²) in [4.78, 5) is 5.18. The molecule has 5 nitrogen and oxygen atoms in total. The molecule has 0 bridgehead atoms. The van der Waals surface area contributed by atoms with Crippen molar-refractivity contribution in [1.29, 1.82) is 5.41 Å². The smallest absolute Gasteiger partial charge is 0.433 e. The molecule has 0 aliphatic heterocycles. The number of rotatable bonds is 5. The molecule has 0 fully saturated rings. The second-order valence-electron chi connectivity index (χ2n) is 4.11. The van der Waals surface area contributed by atoms with E-state index in [-0.39, 0.29) is 23.9 Å². The number of amidine groups is 1. The molecule has 0 saturated carbocycles. The predicted octanol–water partition coefficient (Wildman–Crippen LogP) is 1.32. The second-order valence-corrected chi connectivity index (χ2v) is 4.11. The van der Waals surface area contributed by atoms with E-state index in [1.54, 1.807) is 19.0 Å². The Kier molecular flexibility index (Phi) is 4.71. The molecule has 1 aromatic heterocycles. The van der Waals surface area contributed by atoms with Crippen LogP contribution in [0.1, 0.15) is 11.3 Å². The minimum Gasteiger partial charge on any atom is -0.476 e. The van der Waals surface area contributed by atoms with Gasteiger partial charge in [-0.05, 0) is 26.2 Å². The first-order chi connectivity index (χ1) is 8.71. The summed E-state index contributed by atoms with van der Waals surface area (Å²) >= 11 is 0. The molecule has 8 heteroatoms. The third-order valence-corrected chi connectivity index (χ3v) is 2.22. The molecule has 0 radical (unpaired) electrons. The highest BCUT2D eigenvalue weighted by molar-refractivity contribution is 5.97. The van der Waals surface area contributed by atoms with Gasteiger partial charge in [0.15, 0.2) is 0 Å². The molecule has 106 valence electrons. The lowest BCUT2D eigenvalue weighted by Gasteiger charge is -2.14. The lowest BCUT2D eigenvalue weighted by molar-refractivity contribution is -0.141. The van der Waals surface area contributed by atoms with Gasteiger partial charge in [0.1, 0.15) is 18.1 Å². The third kappa shape index (κ3) is 4.40. The van der Waals surface area contributed by atoms with Gasteiger partial charge in [-0.15, -0.1) is 0 Å². The predicted molar refractivity (Wildman–Crippen MR) is 64.3 cm³/mol. The van der Waals surface area contributed by atoms with Crippen molar-refractivity contribution in [3.05, 3.63) is 23.4 Å². The highest BCUT2D eigenvalue weighted by Gasteiger charge is 2.33.